The summed E-state index contributed by atoms with van der Waals surface area (Å²) >= 11 is 0. The molecule has 0 spiro atoms. The van der Waals surface area contributed by atoms with E-state index in [2.05, 4.69) is 5.32 Å². The van der Waals surface area contributed by atoms with E-state index in [9.17, 15) is 25.2 Å². The molecule has 0 aromatic carbocycles. The van der Waals surface area contributed by atoms with E-state index in [-0.39, 0.29) is 19.1 Å². The summed E-state index contributed by atoms with van der Waals surface area (Å²) < 4.78 is 28.5. The van der Waals surface area contributed by atoms with Crippen LogP contribution in [0.5, 0.6) is 0 Å². The maximum atomic E-state index is 12.3. The fourth-order valence-corrected chi connectivity index (χ4v) is 4.94. The molecule has 2 heterocycles. The van der Waals surface area contributed by atoms with Crippen molar-refractivity contribution in [3.63, 3.8) is 0 Å². The van der Waals surface area contributed by atoms with Crippen LogP contribution in [0.3, 0.4) is 0 Å². The van der Waals surface area contributed by atoms with Gasteiger partial charge < -0.3 is 72.4 Å². The van der Waals surface area contributed by atoms with Gasteiger partial charge in [0, 0.05) is 18.6 Å². The number of aliphatic hydroxyl groups excluding tert-OH is 4. The van der Waals surface area contributed by atoms with E-state index >= 15 is 0 Å². The van der Waals surface area contributed by atoms with E-state index in [1.165, 1.54) is 0 Å². The second-order valence-electron chi connectivity index (χ2n) is 11.2. The van der Waals surface area contributed by atoms with Gasteiger partial charge in [-0.1, -0.05) is 0 Å². The summed E-state index contributed by atoms with van der Waals surface area (Å²) in [5.41, 5.74) is 23.5. The Hall–Kier alpha value is -1.21. The Morgan fingerprint density at radius 2 is 1.53 bits per heavy atom. The van der Waals surface area contributed by atoms with Crippen molar-refractivity contribution in [1.82, 2.24) is 5.32 Å². The highest BCUT2D eigenvalue weighted by atomic mass is 16.7. The van der Waals surface area contributed by atoms with E-state index < -0.39 is 91.7 Å². The molecule has 3 aliphatic rings. The smallest absolute Gasteiger partial charge is 0.408 e. The Kier molecular flexibility index (Phi) is 10.7. The lowest BCUT2D eigenvalue weighted by Crippen LogP contribution is -2.69. The minimum Gasteiger partial charge on any atom is -0.444 e. The average molecular weight is 552 g/mol. The maximum absolute atomic E-state index is 12.3. The molecule has 0 aromatic heterocycles. The Morgan fingerprint density at radius 1 is 0.921 bits per heavy atom. The molecule has 222 valence electrons. The lowest BCUT2D eigenvalue weighted by atomic mass is 9.84. The number of alkyl carbamates (subject to hydrolysis) is 1. The van der Waals surface area contributed by atoms with Gasteiger partial charge in [0.25, 0.3) is 0 Å². The second kappa shape index (κ2) is 13.0. The first-order chi connectivity index (χ1) is 17.7. The van der Waals surface area contributed by atoms with E-state index in [1.807, 2.05) is 0 Å². The van der Waals surface area contributed by atoms with Crippen molar-refractivity contribution in [1.29, 1.82) is 0 Å². The minimum atomic E-state index is -1.62. The molecule has 13 N–H and O–H groups in total. The van der Waals surface area contributed by atoms with Crippen molar-refractivity contribution in [3.05, 3.63) is 0 Å². The Bertz CT molecular complexity index is 775. The van der Waals surface area contributed by atoms with Gasteiger partial charge in [-0.3, -0.25) is 0 Å². The Balaban J connectivity index is 1.73. The molecular weight excluding hydrogens is 506 g/mol. The molecule has 0 bridgehead atoms. The van der Waals surface area contributed by atoms with Crippen molar-refractivity contribution in [3.8, 4) is 0 Å². The number of carbonyl (C=O) groups is 1. The summed E-state index contributed by atoms with van der Waals surface area (Å²) in [6.45, 7) is 4.61. The summed E-state index contributed by atoms with van der Waals surface area (Å²) in [6, 6.07) is -3.25. The number of nitrogens with two attached hydrogens (primary N) is 4. The third kappa shape index (κ3) is 7.50. The molecule has 3 rings (SSSR count). The molecule has 2 saturated heterocycles. The zero-order valence-electron chi connectivity index (χ0n) is 22.1. The first-order valence-electron chi connectivity index (χ1n) is 13.0. The number of rotatable bonds is 7. The van der Waals surface area contributed by atoms with Gasteiger partial charge >= 0.3 is 6.09 Å². The van der Waals surface area contributed by atoms with Crippen molar-refractivity contribution >= 4 is 6.09 Å². The predicted molar refractivity (Wildman–Crippen MR) is 132 cm³/mol. The number of hydrogen-bond acceptors (Lipinski definition) is 14. The number of carbonyl (C=O) groups excluding carboxylic acids is 1. The number of hydrogen-bond donors (Lipinski definition) is 9. The molecule has 3 fully saturated rings. The first kappa shape index (κ1) is 31.3. The van der Waals surface area contributed by atoms with Gasteiger partial charge in [0.05, 0.1) is 24.8 Å². The summed E-state index contributed by atoms with van der Waals surface area (Å²) in [4.78, 5) is 12.3. The topological polar surface area (TPSA) is 260 Å². The van der Waals surface area contributed by atoms with E-state index in [4.69, 9.17) is 46.6 Å². The summed E-state index contributed by atoms with van der Waals surface area (Å²) in [7, 11) is 0. The van der Waals surface area contributed by atoms with Gasteiger partial charge in [-0.2, -0.15) is 0 Å². The number of nitrogens with one attached hydrogen (secondary N) is 1. The first-order valence-corrected chi connectivity index (χ1v) is 13.0. The molecular formula is C23H45N5O10. The SMILES string of the molecule is CC(C)(C)OC(=O)N[C@@H]1[C@@H](O)[C@@H](O[C@H]2[C@H](N)C[C@H](N)C(O[C@H]3O[C@H](CN)CC[C@H]3N)[C@@H]2O)O[C@H](CO)[C@H]1O. The van der Waals surface area contributed by atoms with Gasteiger partial charge in [0.1, 0.15) is 42.2 Å². The standard InChI is InChI=1S/C23H45N5O10/c1-23(2,3)38-22(33)28-14-15(30)13(8-29)35-21(16(14)31)37-19-12(27)6-11(26)18(17(19)32)36-20-10(25)5-4-9(7-24)34-20/h9-21,29-32H,4-8,24-27H2,1-3H3,(H,28,33)/t9-,10+,11-,12+,13+,14-,15+,16+,17-,18?,19-,20+,21+/m0/s1. The van der Waals surface area contributed by atoms with Crippen LogP contribution in [-0.2, 0) is 23.7 Å². The molecule has 15 nitrogen and oxygen atoms in total. The van der Waals surface area contributed by atoms with Crippen LogP contribution in [0.25, 0.3) is 0 Å². The molecule has 38 heavy (non-hydrogen) atoms. The average Bonchev–Trinajstić information content (AvgIpc) is 2.83. The molecule has 0 aromatic rings. The van der Waals surface area contributed by atoms with Crippen LogP contribution in [0.1, 0.15) is 40.0 Å². The molecule has 1 aliphatic carbocycles. The summed E-state index contributed by atoms with van der Waals surface area (Å²) in [5.74, 6) is 0. The van der Waals surface area contributed by atoms with Gasteiger partial charge in [0.2, 0.25) is 0 Å². The van der Waals surface area contributed by atoms with E-state index in [0.717, 1.165) is 0 Å². The normalized spacial score (nSPS) is 44.4. The van der Waals surface area contributed by atoms with Gasteiger partial charge in [0.15, 0.2) is 12.6 Å². The van der Waals surface area contributed by atoms with E-state index in [1.54, 1.807) is 20.8 Å². The number of aliphatic hydroxyl groups is 4. The van der Waals surface area contributed by atoms with Gasteiger partial charge in [-0.05, 0) is 40.0 Å². The molecule has 1 unspecified atom stereocenters. The van der Waals surface area contributed by atoms with Crippen molar-refractivity contribution in [2.24, 2.45) is 22.9 Å². The van der Waals surface area contributed by atoms with Crippen LogP contribution in [0.15, 0.2) is 0 Å². The lowest BCUT2D eigenvalue weighted by molar-refractivity contribution is -0.314. The molecule has 2 aliphatic heterocycles. The van der Waals surface area contributed by atoms with Crippen LogP contribution in [0.4, 0.5) is 4.79 Å². The number of ether oxygens (including phenoxy) is 5. The highest BCUT2D eigenvalue weighted by Crippen LogP contribution is 2.31. The number of amides is 1. The highest BCUT2D eigenvalue weighted by molar-refractivity contribution is 5.68. The Morgan fingerprint density at radius 3 is 2.08 bits per heavy atom. The molecule has 15 heteroatoms. The zero-order valence-corrected chi connectivity index (χ0v) is 22.1. The van der Waals surface area contributed by atoms with Gasteiger partial charge in [-0.15, -0.1) is 0 Å². The van der Waals surface area contributed by atoms with Crippen LogP contribution in [0, 0.1) is 0 Å². The molecule has 1 saturated carbocycles. The van der Waals surface area contributed by atoms with E-state index in [0.29, 0.717) is 12.8 Å². The minimum absolute atomic E-state index is 0.184. The second-order valence-corrected chi connectivity index (χ2v) is 11.2. The summed E-state index contributed by atoms with van der Waals surface area (Å²) in [6.07, 6.45) is -9.84. The monoisotopic (exact) mass is 551 g/mol. The third-order valence-corrected chi connectivity index (χ3v) is 6.97. The van der Waals surface area contributed by atoms with Crippen LogP contribution < -0.4 is 28.3 Å². The highest BCUT2D eigenvalue weighted by Gasteiger charge is 2.51. The van der Waals surface area contributed by atoms with Crippen molar-refractivity contribution in [2.45, 2.75) is 125 Å². The largest absolute Gasteiger partial charge is 0.444 e. The lowest BCUT2D eigenvalue weighted by Gasteiger charge is -2.48. The third-order valence-electron chi connectivity index (χ3n) is 6.97. The molecule has 1 amide bonds. The predicted octanol–water partition coefficient (Wildman–Crippen LogP) is -3.70. The summed E-state index contributed by atoms with van der Waals surface area (Å²) in [5, 5.41) is 44.8. The van der Waals surface area contributed by atoms with Crippen LogP contribution in [0.2, 0.25) is 0 Å². The van der Waals surface area contributed by atoms with Crippen molar-refractivity contribution in [2.75, 3.05) is 13.2 Å². The zero-order chi connectivity index (χ0) is 28.4. The molecule has 0 radical (unpaired) electrons. The maximum Gasteiger partial charge on any atom is 0.408 e. The van der Waals surface area contributed by atoms with Crippen LogP contribution >= 0.6 is 0 Å². The van der Waals surface area contributed by atoms with Gasteiger partial charge in [-0.25, -0.2) is 4.79 Å². The van der Waals surface area contributed by atoms with Crippen LogP contribution in [-0.4, -0.2) is 125 Å². The quantitative estimate of drug-likeness (QED) is 0.147. The Labute approximate surface area is 222 Å². The van der Waals surface area contributed by atoms with Crippen molar-refractivity contribution < 1.29 is 48.9 Å². The fourth-order valence-electron chi connectivity index (χ4n) is 4.94. The fraction of sp³-hybridized carbons (Fsp3) is 0.957. The molecule has 13 atom stereocenters.